The third kappa shape index (κ3) is 4.24. The van der Waals surface area contributed by atoms with E-state index >= 15 is 0 Å². The number of fused-ring (bicyclic) bond motifs is 1. The molecule has 1 fully saturated rings. The van der Waals surface area contributed by atoms with Crippen LogP contribution < -0.4 is 5.32 Å². The number of nitrogens with one attached hydrogen (secondary N) is 2. The summed E-state index contributed by atoms with van der Waals surface area (Å²) in [5, 5.41) is 14.9. The van der Waals surface area contributed by atoms with Crippen LogP contribution in [0.3, 0.4) is 0 Å². The Labute approximate surface area is 174 Å². The zero-order valence-electron chi connectivity index (χ0n) is 17.2. The summed E-state index contributed by atoms with van der Waals surface area (Å²) in [4.78, 5) is 17.7. The lowest BCUT2D eigenvalue weighted by Crippen LogP contribution is -2.27. The standard InChI is InChI=1S/C20H26N6O2S/c1-20(2,3)10-14-16-12(9-13(11-5-6-11)22-18(16)28-25-14)17(27)21-8-7-15-23-24-19(29)26(15)4/h9,11H,5-8,10H2,1-4H3,(H,21,27)(H,24,29). The molecule has 154 valence electrons. The van der Waals surface area contributed by atoms with Crippen molar-refractivity contribution >= 4 is 29.2 Å². The first-order valence-corrected chi connectivity index (χ1v) is 10.3. The summed E-state index contributed by atoms with van der Waals surface area (Å²) in [6, 6.07) is 1.91. The fourth-order valence-electron chi connectivity index (χ4n) is 3.41. The molecule has 0 aromatic carbocycles. The van der Waals surface area contributed by atoms with Gasteiger partial charge in [-0.3, -0.25) is 9.89 Å². The Morgan fingerprint density at radius 1 is 1.41 bits per heavy atom. The number of aromatic nitrogens is 5. The maximum Gasteiger partial charge on any atom is 0.259 e. The van der Waals surface area contributed by atoms with Gasteiger partial charge in [0.05, 0.1) is 16.6 Å². The molecule has 1 aliphatic carbocycles. The van der Waals surface area contributed by atoms with Crippen molar-refractivity contribution in [3.63, 3.8) is 0 Å². The molecule has 3 aromatic rings. The Kier molecular flexibility index (Phi) is 5.02. The second kappa shape index (κ2) is 7.37. The fourth-order valence-corrected chi connectivity index (χ4v) is 3.56. The lowest BCUT2D eigenvalue weighted by molar-refractivity contribution is 0.0955. The quantitative estimate of drug-likeness (QED) is 0.599. The van der Waals surface area contributed by atoms with Gasteiger partial charge in [0.15, 0.2) is 4.77 Å². The summed E-state index contributed by atoms with van der Waals surface area (Å²) < 4.78 is 7.89. The molecule has 4 rings (SSSR count). The van der Waals surface area contributed by atoms with Gasteiger partial charge in [-0.25, -0.2) is 4.98 Å². The SMILES string of the molecule is Cn1c(CCNC(=O)c2cc(C3CC3)nc3onc(CC(C)(C)C)c23)n[nH]c1=S. The summed E-state index contributed by atoms with van der Waals surface area (Å²) >= 11 is 5.13. The number of nitrogens with zero attached hydrogens (tertiary/aromatic N) is 4. The number of rotatable bonds is 6. The van der Waals surface area contributed by atoms with Gasteiger partial charge in [0, 0.05) is 31.6 Å². The Hall–Kier alpha value is -2.55. The second-order valence-electron chi connectivity index (χ2n) is 8.93. The number of carbonyl (C=O) groups excluding carboxylic acids is 1. The molecule has 0 unspecified atom stereocenters. The third-order valence-corrected chi connectivity index (χ3v) is 5.45. The van der Waals surface area contributed by atoms with Crippen LogP contribution in [0, 0.1) is 10.2 Å². The molecule has 0 atom stereocenters. The van der Waals surface area contributed by atoms with Gasteiger partial charge < -0.3 is 14.4 Å². The maximum absolute atomic E-state index is 13.1. The van der Waals surface area contributed by atoms with E-state index in [9.17, 15) is 4.79 Å². The molecule has 3 heterocycles. The topological polar surface area (TPSA) is 102 Å². The normalized spacial score (nSPS) is 14.5. The molecule has 0 radical (unpaired) electrons. The summed E-state index contributed by atoms with van der Waals surface area (Å²) in [7, 11) is 1.85. The first kappa shape index (κ1) is 19.8. The molecule has 0 aliphatic heterocycles. The van der Waals surface area contributed by atoms with E-state index in [2.05, 4.69) is 46.4 Å². The first-order chi connectivity index (χ1) is 13.7. The summed E-state index contributed by atoms with van der Waals surface area (Å²) in [5.41, 5.74) is 2.75. The van der Waals surface area contributed by atoms with Crippen molar-refractivity contribution in [2.75, 3.05) is 6.54 Å². The van der Waals surface area contributed by atoms with Crippen molar-refractivity contribution in [2.24, 2.45) is 12.5 Å². The maximum atomic E-state index is 13.1. The lowest BCUT2D eigenvalue weighted by Gasteiger charge is -2.16. The van der Waals surface area contributed by atoms with Crippen molar-refractivity contribution in [1.29, 1.82) is 0 Å². The highest BCUT2D eigenvalue weighted by atomic mass is 32.1. The third-order valence-electron chi connectivity index (χ3n) is 5.08. The highest BCUT2D eigenvalue weighted by molar-refractivity contribution is 7.71. The van der Waals surface area contributed by atoms with Crippen LogP contribution >= 0.6 is 12.2 Å². The highest BCUT2D eigenvalue weighted by Crippen LogP contribution is 2.40. The van der Waals surface area contributed by atoms with Crippen molar-refractivity contribution in [2.45, 2.75) is 52.4 Å². The van der Waals surface area contributed by atoms with E-state index in [1.54, 1.807) is 4.57 Å². The van der Waals surface area contributed by atoms with E-state index in [1.165, 1.54) is 0 Å². The monoisotopic (exact) mass is 414 g/mol. The minimum absolute atomic E-state index is 0.0172. The van der Waals surface area contributed by atoms with Crippen molar-refractivity contribution in [1.82, 2.24) is 30.2 Å². The van der Waals surface area contributed by atoms with E-state index in [0.717, 1.165) is 35.4 Å². The smallest absolute Gasteiger partial charge is 0.259 e. The van der Waals surface area contributed by atoms with Gasteiger partial charge in [0.1, 0.15) is 5.82 Å². The molecule has 2 N–H and O–H groups in total. The Balaban J connectivity index is 1.61. The minimum atomic E-state index is -0.144. The Bertz CT molecular complexity index is 1120. The number of carbonyl (C=O) groups is 1. The lowest BCUT2D eigenvalue weighted by atomic mass is 9.89. The van der Waals surface area contributed by atoms with Gasteiger partial charge >= 0.3 is 0 Å². The number of amides is 1. The molecule has 29 heavy (non-hydrogen) atoms. The van der Waals surface area contributed by atoms with E-state index < -0.39 is 0 Å². The highest BCUT2D eigenvalue weighted by Gasteiger charge is 2.29. The van der Waals surface area contributed by atoms with E-state index in [-0.39, 0.29) is 11.3 Å². The van der Waals surface area contributed by atoms with Gasteiger partial charge in [0.2, 0.25) is 0 Å². The molecule has 1 aliphatic rings. The van der Waals surface area contributed by atoms with Gasteiger partial charge in [0.25, 0.3) is 11.6 Å². The van der Waals surface area contributed by atoms with Crippen LogP contribution in [0.1, 0.15) is 67.1 Å². The molecule has 0 saturated heterocycles. The fraction of sp³-hybridized carbons (Fsp3) is 0.550. The van der Waals surface area contributed by atoms with Crippen LogP contribution in [-0.4, -0.2) is 37.4 Å². The summed E-state index contributed by atoms with van der Waals surface area (Å²) in [6.45, 7) is 6.86. The second-order valence-corrected chi connectivity index (χ2v) is 9.31. The predicted molar refractivity (Wildman–Crippen MR) is 111 cm³/mol. The van der Waals surface area contributed by atoms with Crippen LogP contribution in [0.2, 0.25) is 0 Å². The Morgan fingerprint density at radius 3 is 2.79 bits per heavy atom. The molecule has 1 saturated carbocycles. The van der Waals surface area contributed by atoms with E-state index in [4.69, 9.17) is 16.7 Å². The molecular formula is C20H26N6O2S. The number of aromatic amines is 1. The number of hydrogen-bond donors (Lipinski definition) is 2. The van der Waals surface area contributed by atoms with Crippen molar-refractivity contribution in [3.8, 4) is 0 Å². The van der Waals surface area contributed by atoms with Crippen molar-refractivity contribution < 1.29 is 9.32 Å². The van der Waals surface area contributed by atoms with Gasteiger partial charge in [-0.1, -0.05) is 25.9 Å². The average molecular weight is 415 g/mol. The van der Waals surface area contributed by atoms with Gasteiger partial charge in [-0.05, 0) is 43.0 Å². The Morgan fingerprint density at radius 2 is 2.17 bits per heavy atom. The predicted octanol–water partition coefficient (Wildman–Crippen LogP) is 3.45. The number of H-pyrrole nitrogens is 1. The summed E-state index contributed by atoms with van der Waals surface area (Å²) in [5.74, 6) is 1.07. The molecular weight excluding hydrogens is 388 g/mol. The van der Waals surface area contributed by atoms with Crippen molar-refractivity contribution in [3.05, 3.63) is 33.6 Å². The molecule has 0 spiro atoms. The minimum Gasteiger partial charge on any atom is -0.352 e. The zero-order valence-corrected chi connectivity index (χ0v) is 18.0. The molecule has 9 heteroatoms. The van der Waals surface area contributed by atoms with E-state index in [0.29, 0.717) is 41.4 Å². The van der Waals surface area contributed by atoms with E-state index in [1.807, 2.05) is 13.1 Å². The molecule has 3 aromatic heterocycles. The molecule has 8 nitrogen and oxygen atoms in total. The first-order valence-electron chi connectivity index (χ1n) is 9.90. The zero-order chi connectivity index (χ0) is 20.8. The number of hydrogen-bond acceptors (Lipinski definition) is 6. The van der Waals surface area contributed by atoms with Crippen LogP contribution in [-0.2, 0) is 19.9 Å². The van der Waals surface area contributed by atoms with Gasteiger partial charge in [-0.15, -0.1) is 0 Å². The van der Waals surface area contributed by atoms with Crippen LogP contribution in [0.15, 0.2) is 10.6 Å². The summed E-state index contributed by atoms with van der Waals surface area (Å²) in [6.07, 6.45) is 3.48. The average Bonchev–Trinajstić information content (AvgIpc) is 3.37. The van der Waals surface area contributed by atoms with Gasteiger partial charge in [-0.2, -0.15) is 5.10 Å². The van der Waals surface area contributed by atoms with Crippen LogP contribution in [0.25, 0.3) is 11.1 Å². The largest absolute Gasteiger partial charge is 0.352 e. The molecule has 1 amide bonds. The van der Waals surface area contributed by atoms with Crippen LogP contribution in [0.4, 0.5) is 0 Å². The number of pyridine rings is 1. The van der Waals surface area contributed by atoms with Crippen LogP contribution in [0.5, 0.6) is 0 Å². The molecule has 0 bridgehead atoms.